The molecule has 1 atom stereocenters. The van der Waals surface area contributed by atoms with Crippen LogP contribution < -0.4 is 5.32 Å². The van der Waals surface area contributed by atoms with Gasteiger partial charge in [0.05, 0.1) is 18.8 Å². The molecule has 1 aromatic carbocycles. The number of nitrogens with one attached hydrogen (secondary N) is 1. The van der Waals surface area contributed by atoms with Gasteiger partial charge in [-0.2, -0.15) is 5.10 Å². The molecular formula is C19H20F2N4O2. The maximum atomic E-state index is 13.0. The monoisotopic (exact) mass is 374 g/mol. The van der Waals surface area contributed by atoms with E-state index < -0.39 is 18.0 Å². The Balaban J connectivity index is 1.52. The van der Waals surface area contributed by atoms with Crippen molar-refractivity contribution >= 4 is 11.8 Å². The fourth-order valence-electron chi connectivity index (χ4n) is 3.66. The summed E-state index contributed by atoms with van der Waals surface area (Å²) < 4.78 is 27.6. The van der Waals surface area contributed by atoms with Crippen LogP contribution in [0.5, 0.6) is 0 Å². The van der Waals surface area contributed by atoms with E-state index in [1.165, 1.54) is 0 Å². The summed E-state index contributed by atoms with van der Waals surface area (Å²) in [6.07, 6.45) is 0.889. The molecule has 142 valence electrons. The number of benzene rings is 1. The largest absolute Gasteiger partial charge is 0.351 e. The third kappa shape index (κ3) is 3.43. The first-order valence-electron chi connectivity index (χ1n) is 8.89. The van der Waals surface area contributed by atoms with Gasteiger partial charge in [-0.25, -0.2) is 8.78 Å². The molecule has 0 bridgehead atoms. The number of nitrogens with zero attached hydrogens (tertiary/aromatic N) is 3. The van der Waals surface area contributed by atoms with Crippen molar-refractivity contribution in [2.75, 3.05) is 6.54 Å². The molecule has 1 saturated carbocycles. The quantitative estimate of drug-likeness (QED) is 0.897. The summed E-state index contributed by atoms with van der Waals surface area (Å²) in [7, 11) is 0. The van der Waals surface area contributed by atoms with Gasteiger partial charge in [0.25, 0.3) is 11.8 Å². The standard InChI is InChI=1S/C19H20F2N4O2/c1-12-3-2-4-13(7-12)18(27)24-10-15-5-6-22-25(15)16(11-24)17(26)23-14-8-19(20,21)9-14/h2-7,14,16H,8-11H2,1H3,(H,23,26)/t16-/m0/s1. The van der Waals surface area contributed by atoms with Crippen LogP contribution in [0.3, 0.4) is 0 Å². The molecule has 8 heteroatoms. The molecule has 6 nitrogen and oxygen atoms in total. The second kappa shape index (κ2) is 6.44. The van der Waals surface area contributed by atoms with Gasteiger partial charge in [-0.05, 0) is 25.1 Å². The minimum atomic E-state index is -2.70. The molecule has 1 N–H and O–H groups in total. The zero-order valence-corrected chi connectivity index (χ0v) is 14.9. The van der Waals surface area contributed by atoms with Crippen molar-refractivity contribution in [1.29, 1.82) is 0 Å². The lowest BCUT2D eigenvalue weighted by atomic mass is 9.88. The second-order valence-corrected chi connectivity index (χ2v) is 7.31. The summed E-state index contributed by atoms with van der Waals surface area (Å²) in [6, 6.07) is 7.77. The number of carbonyl (C=O) groups excluding carboxylic acids is 2. The Morgan fingerprint density at radius 1 is 1.26 bits per heavy atom. The lowest BCUT2D eigenvalue weighted by Gasteiger charge is -2.38. The zero-order chi connectivity index (χ0) is 19.2. The number of alkyl halides is 2. The van der Waals surface area contributed by atoms with Crippen LogP contribution >= 0.6 is 0 Å². The normalized spacial score (nSPS) is 21.3. The lowest BCUT2D eigenvalue weighted by molar-refractivity contribution is -0.133. The van der Waals surface area contributed by atoms with E-state index in [-0.39, 0.29) is 31.2 Å². The van der Waals surface area contributed by atoms with Crippen LogP contribution in [0.25, 0.3) is 0 Å². The van der Waals surface area contributed by atoms with E-state index in [1.54, 1.807) is 34.0 Å². The summed E-state index contributed by atoms with van der Waals surface area (Å²) in [5.41, 5.74) is 2.27. The Morgan fingerprint density at radius 3 is 2.74 bits per heavy atom. The Bertz CT molecular complexity index is 887. The van der Waals surface area contributed by atoms with Crippen molar-refractivity contribution in [3.05, 3.63) is 53.3 Å². The Hall–Kier alpha value is -2.77. The number of aryl methyl sites for hydroxylation is 1. The van der Waals surface area contributed by atoms with E-state index in [0.29, 0.717) is 12.1 Å². The summed E-state index contributed by atoms with van der Waals surface area (Å²) in [4.78, 5) is 27.2. The third-order valence-corrected chi connectivity index (χ3v) is 5.09. The van der Waals surface area contributed by atoms with Gasteiger partial charge in [-0.3, -0.25) is 14.3 Å². The van der Waals surface area contributed by atoms with E-state index in [2.05, 4.69) is 10.4 Å². The fourth-order valence-corrected chi connectivity index (χ4v) is 3.66. The Kier molecular flexibility index (Phi) is 4.20. The van der Waals surface area contributed by atoms with Crippen molar-refractivity contribution in [3.63, 3.8) is 0 Å². The molecule has 1 aliphatic carbocycles. The van der Waals surface area contributed by atoms with E-state index >= 15 is 0 Å². The highest BCUT2D eigenvalue weighted by Gasteiger charge is 2.47. The smallest absolute Gasteiger partial charge is 0.254 e. The molecule has 0 unspecified atom stereocenters. The van der Waals surface area contributed by atoms with Gasteiger partial charge in [0.15, 0.2) is 0 Å². The maximum absolute atomic E-state index is 13.0. The molecule has 1 aliphatic heterocycles. The Labute approximate surface area is 155 Å². The van der Waals surface area contributed by atoms with Crippen molar-refractivity contribution < 1.29 is 18.4 Å². The van der Waals surface area contributed by atoms with Gasteiger partial charge in [-0.15, -0.1) is 0 Å². The highest BCUT2D eigenvalue weighted by Crippen LogP contribution is 2.37. The minimum Gasteiger partial charge on any atom is -0.351 e. The second-order valence-electron chi connectivity index (χ2n) is 7.31. The highest BCUT2D eigenvalue weighted by molar-refractivity contribution is 5.95. The number of aromatic nitrogens is 2. The van der Waals surface area contributed by atoms with Gasteiger partial charge in [0, 0.05) is 30.6 Å². The zero-order valence-electron chi connectivity index (χ0n) is 14.9. The van der Waals surface area contributed by atoms with Crippen LogP contribution in [0.4, 0.5) is 8.78 Å². The summed E-state index contributed by atoms with van der Waals surface area (Å²) >= 11 is 0. The van der Waals surface area contributed by atoms with Crippen LogP contribution in [0.2, 0.25) is 0 Å². The van der Waals surface area contributed by atoms with Crippen molar-refractivity contribution in [2.24, 2.45) is 0 Å². The summed E-state index contributed by atoms with van der Waals surface area (Å²) in [5.74, 6) is -3.25. The maximum Gasteiger partial charge on any atom is 0.254 e. The van der Waals surface area contributed by atoms with Crippen molar-refractivity contribution in [3.8, 4) is 0 Å². The van der Waals surface area contributed by atoms with Crippen LogP contribution in [0, 0.1) is 6.92 Å². The number of carbonyl (C=O) groups is 2. The number of amides is 2. The number of rotatable bonds is 3. The lowest BCUT2D eigenvalue weighted by Crippen LogP contribution is -2.54. The predicted molar refractivity (Wildman–Crippen MR) is 93.3 cm³/mol. The molecule has 1 aromatic heterocycles. The summed E-state index contributed by atoms with van der Waals surface area (Å²) in [6.45, 7) is 2.40. The molecule has 0 spiro atoms. The topological polar surface area (TPSA) is 67.2 Å². The average Bonchev–Trinajstić information content (AvgIpc) is 3.07. The first kappa shape index (κ1) is 17.6. The number of hydrogen-bond acceptors (Lipinski definition) is 3. The molecule has 4 rings (SSSR count). The van der Waals surface area contributed by atoms with E-state index in [0.717, 1.165) is 11.3 Å². The molecular weight excluding hydrogens is 354 g/mol. The number of hydrogen-bond donors (Lipinski definition) is 1. The Morgan fingerprint density at radius 2 is 2.04 bits per heavy atom. The fraction of sp³-hybridized carbons (Fsp3) is 0.421. The third-order valence-electron chi connectivity index (χ3n) is 5.09. The van der Waals surface area contributed by atoms with E-state index in [4.69, 9.17) is 0 Å². The molecule has 2 aromatic rings. The van der Waals surface area contributed by atoms with Gasteiger partial charge >= 0.3 is 0 Å². The molecule has 2 aliphatic rings. The van der Waals surface area contributed by atoms with E-state index in [1.807, 2.05) is 19.1 Å². The van der Waals surface area contributed by atoms with Crippen LogP contribution in [0.15, 0.2) is 36.5 Å². The van der Waals surface area contributed by atoms with Crippen LogP contribution in [0.1, 0.15) is 40.5 Å². The number of halogens is 2. The highest BCUT2D eigenvalue weighted by atomic mass is 19.3. The first-order valence-corrected chi connectivity index (χ1v) is 8.89. The van der Waals surface area contributed by atoms with Gasteiger partial charge in [0.2, 0.25) is 5.91 Å². The molecule has 27 heavy (non-hydrogen) atoms. The van der Waals surface area contributed by atoms with Gasteiger partial charge in [0.1, 0.15) is 6.04 Å². The van der Waals surface area contributed by atoms with Gasteiger partial charge in [-0.1, -0.05) is 17.7 Å². The molecule has 0 radical (unpaired) electrons. The summed E-state index contributed by atoms with van der Waals surface area (Å²) in [5, 5.41) is 6.85. The van der Waals surface area contributed by atoms with Crippen LogP contribution in [-0.2, 0) is 11.3 Å². The molecule has 0 saturated heterocycles. The van der Waals surface area contributed by atoms with Crippen molar-refractivity contribution in [2.45, 2.75) is 44.3 Å². The van der Waals surface area contributed by atoms with Crippen LogP contribution in [-0.4, -0.2) is 45.0 Å². The SMILES string of the molecule is Cc1cccc(C(=O)N2Cc3ccnn3[C@H](C(=O)NC3CC(F)(F)C3)C2)c1. The van der Waals surface area contributed by atoms with Gasteiger partial charge < -0.3 is 10.2 Å². The molecule has 2 heterocycles. The predicted octanol–water partition coefficient (Wildman–Crippen LogP) is 2.30. The van der Waals surface area contributed by atoms with Crippen molar-refractivity contribution in [1.82, 2.24) is 20.0 Å². The molecule has 2 amide bonds. The first-order chi connectivity index (χ1) is 12.8. The minimum absolute atomic E-state index is 0.149. The molecule has 1 fully saturated rings. The number of fused-ring (bicyclic) bond motifs is 1. The average molecular weight is 374 g/mol. The van der Waals surface area contributed by atoms with E-state index in [9.17, 15) is 18.4 Å².